The summed E-state index contributed by atoms with van der Waals surface area (Å²) in [5.74, 6) is -0.367. The number of carbonyl (C=O) groups excluding carboxylic acids is 2. The fraction of sp³-hybridized carbons (Fsp3) is 0.160. The second-order valence-corrected chi connectivity index (χ2v) is 8.30. The first kappa shape index (κ1) is 20.8. The second-order valence-electron chi connectivity index (χ2n) is 7.18. The van der Waals surface area contributed by atoms with Gasteiger partial charge in [0.25, 0.3) is 0 Å². The number of benzene rings is 3. The highest BCUT2D eigenvalue weighted by Crippen LogP contribution is 2.28. The van der Waals surface area contributed by atoms with Crippen LogP contribution in [0.15, 0.2) is 72.8 Å². The number of ether oxygens (including phenoxy) is 1. The molecule has 1 amide bonds. The van der Waals surface area contributed by atoms with Gasteiger partial charge in [-0.2, -0.15) is 0 Å². The number of thiazole rings is 1. The van der Waals surface area contributed by atoms with Crippen LogP contribution < -0.4 is 5.32 Å². The van der Waals surface area contributed by atoms with Gasteiger partial charge in [0.1, 0.15) is 5.01 Å². The molecule has 0 spiro atoms. The van der Waals surface area contributed by atoms with Crippen LogP contribution >= 0.6 is 11.3 Å². The standard InChI is InChI=1S/C25H22N2O3S/c1-30-25(29)13-17-6-5-7-18(12-17)16-26-23(28)15-24-27-21-11-10-20(14-22(21)31-24)19-8-3-2-4-9-19/h2-12,14H,13,15-16H2,1H3,(H,26,28). The third-order valence-electron chi connectivity index (χ3n) is 4.91. The Balaban J connectivity index is 1.38. The van der Waals surface area contributed by atoms with E-state index in [1.54, 1.807) is 11.3 Å². The number of esters is 1. The number of aromatic nitrogens is 1. The highest BCUT2D eigenvalue weighted by atomic mass is 32.1. The van der Waals surface area contributed by atoms with E-state index in [1.165, 1.54) is 7.11 Å². The third-order valence-corrected chi connectivity index (χ3v) is 5.93. The van der Waals surface area contributed by atoms with E-state index in [0.717, 1.165) is 37.5 Å². The Morgan fingerprint density at radius 2 is 1.71 bits per heavy atom. The summed E-state index contributed by atoms with van der Waals surface area (Å²) in [6.45, 7) is 0.400. The largest absolute Gasteiger partial charge is 0.469 e. The molecule has 0 aliphatic rings. The maximum atomic E-state index is 12.4. The van der Waals surface area contributed by atoms with E-state index in [4.69, 9.17) is 4.74 Å². The van der Waals surface area contributed by atoms with Crippen molar-refractivity contribution in [2.24, 2.45) is 0 Å². The lowest BCUT2D eigenvalue weighted by atomic mass is 10.1. The van der Waals surface area contributed by atoms with Crippen molar-refractivity contribution < 1.29 is 14.3 Å². The molecule has 0 atom stereocenters. The van der Waals surface area contributed by atoms with Crippen molar-refractivity contribution in [3.8, 4) is 11.1 Å². The predicted octanol–water partition coefficient (Wildman–Crippen LogP) is 4.54. The summed E-state index contributed by atoms with van der Waals surface area (Å²) in [5.41, 5.74) is 5.00. The number of nitrogens with zero attached hydrogens (tertiary/aromatic N) is 1. The fourth-order valence-corrected chi connectivity index (χ4v) is 4.35. The Bertz CT molecular complexity index is 1220. The predicted molar refractivity (Wildman–Crippen MR) is 123 cm³/mol. The van der Waals surface area contributed by atoms with E-state index in [2.05, 4.69) is 34.6 Å². The molecular weight excluding hydrogens is 408 g/mol. The maximum Gasteiger partial charge on any atom is 0.309 e. The highest BCUT2D eigenvalue weighted by Gasteiger charge is 2.11. The molecular formula is C25H22N2O3S. The van der Waals surface area contributed by atoms with E-state index in [1.807, 2.05) is 48.5 Å². The van der Waals surface area contributed by atoms with Gasteiger partial charge < -0.3 is 10.1 Å². The average Bonchev–Trinajstić information content (AvgIpc) is 3.20. The molecule has 31 heavy (non-hydrogen) atoms. The fourth-order valence-electron chi connectivity index (χ4n) is 3.35. The van der Waals surface area contributed by atoms with Crippen molar-refractivity contribution in [1.82, 2.24) is 10.3 Å². The SMILES string of the molecule is COC(=O)Cc1cccc(CNC(=O)Cc2nc3ccc(-c4ccccc4)cc3s2)c1. The Kier molecular flexibility index (Phi) is 6.38. The summed E-state index contributed by atoms with van der Waals surface area (Å²) in [7, 11) is 1.37. The quantitative estimate of drug-likeness (QED) is 0.437. The summed E-state index contributed by atoms with van der Waals surface area (Å²) < 4.78 is 5.77. The van der Waals surface area contributed by atoms with Gasteiger partial charge in [0.05, 0.1) is 30.2 Å². The first-order valence-electron chi connectivity index (χ1n) is 9.97. The summed E-state index contributed by atoms with van der Waals surface area (Å²) in [6.07, 6.45) is 0.455. The zero-order chi connectivity index (χ0) is 21.6. The highest BCUT2D eigenvalue weighted by molar-refractivity contribution is 7.18. The topological polar surface area (TPSA) is 68.3 Å². The van der Waals surface area contributed by atoms with Crippen LogP contribution in [0, 0.1) is 0 Å². The molecule has 0 saturated carbocycles. The van der Waals surface area contributed by atoms with E-state index >= 15 is 0 Å². The summed E-state index contributed by atoms with van der Waals surface area (Å²) in [6, 6.07) is 23.9. The van der Waals surface area contributed by atoms with E-state index in [0.29, 0.717) is 6.54 Å². The number of methoxy groups -OCH3 is 1. The van der Waals surface area contributed by atoms with E-state index < -0.39 is 0 Å². The van der Waals surface area contributed by atoms with Crippen molar-refractivity contribution in [2.45, 2.75) is 19.4 Å². The second kappa shape index (κ2) is 9.53. The summed E-state index contributed by atoms with van der Waals surface area (Å²) >= 11 is 1.54. The van der Waals surface area contributed by atoms with Gasteiger partial charge in [0.15, 0.2) is 0 Å². The van der Waals surface area contributed by atoms with Crippen LogP contribution in [0.1, 0.15) is 16.1 Å². The summed E-state index contributed by atoms with van der Waals surface area (Å²) in [4.78, 5) is 28.5. The van der Waals surface area contributed by atoms with Gasteiger partial charge >= 0.3 is 5.97 Å². The lowest BCUT2D eigenvalue weighted by Crippen LogP contribution is -2.24. The smallest absolute Gasteiger partial charge is 0.309 e. The number of amides is 1. The normalized spacial score (nSPS) is 10.7. The van der Waals surface area contributed by atoms with Crippen LogP contribution in [0.4, 0.5) is 0 Å². The first-order chi connectivity index (χ1) is 15.1. The molecule has 1 N–H and O–H groups in total. The van der Waals surface area contributed by atoms with Crippen molar-refractivity contribution in [2.75, 3.05) is 7.11 Å². The molecule has 156 valence electrons. The van der Waals surface area contributed by atoms with Crippen molar-refractivity contribution in [1.29, 1.82) is 0 Å². The zero-order valence-corrected chi connectivity index (χ0v) is 17.9. The number of fused-ring (bicyclic) bond motifs is 1. The van der Waals surface area contributed by atoms with Crippen LogP contribution in [-0.2, 0) is 33.7 Å². The van der Waals surface area contributed by atoms with Crippen LogP contribution in [0.25, 0.3) is 21.3 Å². The number of hydrogen-bond acceptors (Lipinski definition) is 5. The number of carbonyl (C=O) groups is 2. The molecule has 6 heteroatoms. The Labute approximate surface area is 184 Å². The van der Waals surface area contributed by atoms with Crippen LogP contribution in [0.2, 0.25) is 0 Å². The van der Waals surface area contributed by atoms with Crippen molar-refractivity contribution >= 4 is 33.4 Å². The van der Waals surface area contributed by atoms with Gasteiger partial charge in [-0.1, -0.05) is 60.7 Å². The number of rotatable bonds is 7. The molecule has 1 aromatic heterocycles. The lowest BCUT2D eigenvalue weighted by Gasteiger charge is -2.06. The molecule has 5 nitrogen and oxygen atoms in total. The Morgan fingerprint density at radius 1 is 0.903 bits per heavy atom. The first-order valence-corrected chi connectivity index (χ1v) is 10.8. The molecule has 0 radical (unpaired) electrons. The molecule has 0 saturated heterocycles. The average molecular weight is 431 g/mol. The van der Waals surface area contributed by atoms with Gasteiger partial charge in [0, 0.05) is 6.54 Å². The third kappa shape index (κ3) is 5.35. The molecule has 0 bridgehead atoms. The minimum atomic E-state index is -0.285. The van der Waals surface area contributed by atoms with Crippen molar-refractivity contribution in [3.05, 3.63) is 88.9 Å². The zero-order valence-electron chi connectivity index (χ0n) is 17.1. The summed E-state index contributed by atoms with van der Waals surface area (Å²) in [5, 5.41) is 3.72. The van der Waals surface area contributed by atoms with Crippen LogP contribution in [0.5, 0.6) is 0 Å². The lowest BCUT2D eigenvalue weighted by molar-refractivity contribution is -0.139. The van der Waals surface area contributed by atoms with E-state index in [-0.39, 0.29) is 24.7 Å². The molecule has 0 unspecified atom stereocenters. The minimum Gasteiger partial charge on any atom is -0.469 e. The molecule has 0 aliphatic heterocycles. The van der Waals surface area contributed by atoms with Crippen LogP contribution in [0.3, 0.4) is 0 Å². The molecule has 0 aliphatic carbocycles. The van der Waals surface area contributed by atoms with Gasteiger partial charge in [-0.3, -0.25) is 9.59 Å². The van der Waals surface area contributed by atoms with Crippen LogP contribution in [-0.4, -0.2) is 24.0 Å². The molecule has 3 aromatic carbocycles. The maximum absolute atomic E-state index is 12.4. The van der Waals surface area contributed by atoms with Gasteiger partial charge in [-0.25, -0.2) is 4.98 Å². The van der Waals surface area contributed by atoms with Gasteiger partial charge in [-0.05, 0) is 34.4 Å². The monoisotopic (exact) mass is 430 g/mol. The van der Waals surface area contributed by atoms with Crippen molar-refractivity contribution in [3.63, 3.8) is 0 Å². The molecule has 1 heterocycles. The molecule has 0 fully saturated rings. The minimum absolute atomic E-state index is 0.0827. The molecule has 4 aromatic rings. The van der Waals surface area contributed by atoms with Gasteiger partial charge in [-0.15, -0.1) is 11.3 Å². The van der Waals surface area contributed by atoms with E-state index in [9.17, 15) is 9.59 Å². The Morgan fingerprint density at radius 3 is 2.52 bits per heavy atom. The van der Waals surface area contributed by atoms with Gasteiger partial charge in [0.2, 0.25) is 5.91 Å². The Hall–Kier alpha value is -3.51. The molecule has 4 rings (SSSR count). The number of hydrogen-bond donors (Lipinski definition) is 1. The number of nitrogens with one attached hydrogen (secondary N) is 1.